The number of hydrogen-bond acceptors (Lipinski definition) is 11. The van der Waals surface area contributed by atoms with E-state index in [0.29, 0.717) is 62.7 Å². The quantitative estimate of drug-likeness (QED) is 0.115. The summed E-state index contributed by atoms with van der Waals surface area (Å²) in [6, 6.07) is 14.4. The summed E-state index contributed by atoms with van der Waals surface area (Å²) in [5, 5.41) is 0. The highest BCUT2D eigenvalue weighted by atomic mass is 32.1. The van der Waals surface area contributed by atoms with Crippen LogP contribution in [0.3, 0.4) is 0 Å². The zero-order valence-electron chi connectivity index (χ0n) is 46.2. The summed E-state index contributed by atoms with van der Waals surface area (Å²) >= 11 is 3.75. The maximum Gasteiger partial charge on any atom is 0.255 e. The summed E-state index contributed by atoms with van der Waals surface area (Å²) in [6.07, 6.45) is 11.3. The summed E-state index contributed by atoms with van der Waals surface area (Å²) < 4.78 is 6.24. The summed E-state index contributed by atoms with van der Waals surface area (Å²) in [6.45, 7) is 24.3. The minimum atomic E-state index is 0.108. The topological polar surface area (TPSA) is 92.8 Å². The van der Waals surface area contributed by atoms with Gasteiger partial charge in [-0.05, 0) is 142 Å². The third-order valence-corrected chi connectivity index (χ3v) is 19.4. The first kappa shape index (κ1) is 54.8. The van der Waals surface area contributed by atoms with E-state index in [9.17, 15) is 14.4 Å². The van der Waals surface area contributed by atoms with Crippen molar-refractivity contribution in [2.45, 2.75) is 150 Å². The number of nitrogens with zero attached hydrogens (tertiary/aromatic N) is 7. The van der Waals surface area contributed by atoms with Crippen molar-refractivity contribution in [3.63, 3.8) is 0 Å². The van der Waals surface area contributed by atoms with E-state index < -0.39 is 0 Å². The van der Waals surface area contributed by atoms with Crippen LogP contribution in [-0.2, 0) is 30.8 Å². The molecule has 13 heteroatoms. The molecule has 2 fully saturated rings. The van der Waals surface area contributed by atoms with Gasteiger partial charge in [0, 0.05) is 126 Å². The first-order valence-corrected chi connectivity index (χ1v) is 28.8. The Morgan fingerprint density at radius 1 is 0.685 bits per heavy atom. The van der Waals surface area contributed by atoms with Gasteiger partial charge >= 0.3 is 0 Å². The third kappa shape index (κ3) is 12.1. The number of likely N-dealkylation sites (tertiary alicyclic amines) is 2. The Kier molecular flexibility index (Phi) is 18.0. The average molecular weight is 1030 g/mol. The molecule has 0 bridgehead atoms. The summed E-state index contributed by atoms with van der Waals surface area (Å²) in [5.74, 6) is 1.06. The molecule has 7 heterocycles. The number of piperidine rings is 2. The second-order valence-corrected chi connectivity index (χ2v) is 24.2. The number of carbonyl (C=O) groups excluding carboxylic acids is 3. The van der Waals surface area contributed by atoms with Gasteiger partial charge in [-0.25, -0.2) is 4.98 Å². The Morgan fingerprint density at radius 3 is 1.64 bits per heavy atom. The lowest BCUT2D eigenvalue weighted by Crippen LogP contribution is -2.43. The van der Waals surface area contributed by atoms with Crippen molar-refractivity contribution in [2.24, 2.45) is 0 Å². The van der Waals surface area contributed by atoms with Crippen molar-refractivity contribution >= 4 is 40.3 Å². The highest BCUT2D eigenvalue weighted by Gasteiger charge is 2.37. The second-order valence-electron chi connectivity index (χ2n) is 21.9. The Balaban J connectivity index is 0.000000199. The standard InChI is InChI=1S/C33H44N4O2S.C27H39N3O2S/c1-7-28(36-16-13-26(14-17-36)35(5)6)31-24(4)30-29(40-31)15-18-37(33(30)38)20-27-22(2)19-23(3)34-32(27)39-21-25-11-9-8-10-12-25;1-7-22(29-11-8-20(9-12-29)28(5)6)26-19(4)25-24(33-26)10-13-30(27(25)32)16-21-18(3)14-17(2)15-23(21)31/h8-12,19,26,28H,7,13-18,20-21H2,1-6H3;14,20,22H,7-13,15-16H2,1-6H3. The van der Waals surface area contributed by atoms with E-state index in [2.05, 4.69) is 107 Å². The van der Waals surface area contributed by atoms with Gasteiger partial charge in [-0.1, -0.05) is 55.8 Å². The van der Waals surface area contributed by atoms with Crippen LogP contribution in [-0.4, -0.2) is 138 Å². The van der Waals surface area contributed by atoms with E-state index in [4.69, 9.17) is 9.72 Å². The van der Waals surface area contributed by atoms with Crippen molar-refractivity contribution in [1.82, 2.24) is 34.4 Å². The molecule has 0 spiro atoms. The molecule has 0 radical (unpaired) electrons. The fourth-order valence-electron chi connectivity index (χ4n) is 12.2. The van der Waals surface area contributed by atoms with Crippen molar-refractivity contribution in [1.29, 1.82) is 0 Å². The van der Waals surface area contributed by atoms with Crippen LogP contribution in [0.15, 0.2) is 59.2 Å². The number of fused-ring (bicyclic) bond motifs is 2. The number of amides is 2. The minimum absolute atomic E-state index is 0.108. The number of thiophene rings is 2. The van der Waals surface area contributed by atoms with Crippen molar-refractivity contribution in [3.8, 4) is 5.88 Å². The number of aryl methyl sites for hydroxylation is 2. The highest BCUT2D eigenvalue weighted by Crippen LogP contribution is 2.43. The lowest BCUT2D eigenvalue weighted by molar-refractivity contribution is -0.115. The van der Waals surface area contributed by atoms with E-state index in [1.807, 2.05) is 71.4 Å². The summed E-state index contributed by atoms with van der Waals surface area (Å²) in [5.41, 5.74) is 11.3. The molecule has 0 saturated carbocycles. The number of carbonyl (C=O) groups is 3. The number of ketones is 1. The smallest absolute Gasteiger partial charge is 0.255 e. The van der Waals surface area contributed by atoms with Gasteiger partial charge < -0.3 is 24.3 Å². The van der Waals surface area contributed by atoms with Gasteiger partial charge in [0.2, 0.25) is 5.88 Å². The van der Waals surface area contributed by atoms with E-state index in [0.717, 1.165) is 109 Å². The molecule has 394 valence electrons. The van der Waals surface area contributed by atoms with Gasteiger partial charge in [-0.15, -0.1) is 22.7 Å². The molecule has 1 aromatic carbocycles. The van der Waals surface area contributed by atoms with Gasteiger partial charge in [0.05, 0.1) is 17.7 Å². The Hall–Kier alpha value is -4.50. The number of Topliss-reactive ketones (excluding diaryl/α,β-unsaturated/α-hetero) is 1. The number of pyridine rings is 1. The van der Waals surface area contributed by atoms with E-state index >= 15 is 0 Å². The number of rotatable bonds is 15. The van der Waals surface area contributed by atoms with E-state index in [-0.39, 0.29) is 17.6 Å². The van der Waals surface area contributed by atoms with Crippen LogP contribution >= 0.6 is 22.7 Å². The van der Waals surface area contributed by atoms with Crippen LogP contribution in [0.1, 0.15) is 158 Å². The van der Waals surface area contributed by atoms with Crippen LogP contribution < -0.4 is 4.74 Å². The molecule has 11 nitrogen and oxygen atoms in total. The number of ether oxygens (including phenoxy) is 1. The predicted molar refractivity (Wildman–Crippen MR) is 299 cm³/mol. The van der Waals surface area contributed by atoms with Gasteiger partial charge in [-0.3, -0.25) is 24.2 Å². The molecule has 4 aromatic rings. The van der Waals surface area contributed by atoms with Crippen molar-refractivity contribution in [3.05, 3.63) is 123 Å². The molecule has 2 amide bonds. The minimum Gasteiger partial charge on any atom is -0.473 e. The van der Waals surface area contributed by atoms with Crippen LogP contribution in [0, 0.1) is 27.7 Å². The zero-order valence-corrected chi connectivity index (χ0v) is 47.8. The molecular weight excluding hydrogens is 947 g/mol. The molecule has 1 aliphatic carbocycles. The van der Waals surface area contributed by atoms with Crippen molar-refractivity contribution < 1.29 is 19.1 Å². The molecular formula is C60H83N7O4S2. The number of benzene rings is 1. The lowest BCUT2D eigenvalue weighted by atomic mass is 9.91. The molecule has 5 aliphatic rings. The normalized spacial score (nSPS) is 19.3. The Bertz CT molecular complexity index is 2680. The maximum atomic E-state index is 14.0. The zero-order chi connectivity index (χ0) is 52.2. The molecule has 3 aromatic heterocycles. The summed E-state index contributed by atoms with van der Waals surface area (Å²) in [4.78, 5) is 64.1. The van der Waals surface area contributed by atoms with Gasteiger partial charge in [0.1, 0.15) is 6.61 Å². The molecule has 0 N–H and O–H groups in total. The van der Waals surface area contributed by atoms with Crippen LogP contribution in [0.2, 0.25) is 0 Å². The van der Waals surface area contributed by atoms with Crippen LogP contribution in [0.4, 0.5) is 0 Å². The number of allylic oxidation sites excluding steroid dienone is 3. The molecule has 73 heavy (non-hydrogen) atoms. The van der Waals surface area contributed by atoms with E-state index in [1.165, 1.54) is 56.3 Å². The number of hydrogen-bond donors (Lipinski definition) is 0. The lowest BCUT2D eigenvalue weighted by Gasteiger charge is -2.39. The van der Waals surface area contributed by atoms with E-state index in [1.54, 1.807) is 0 Å². The van der Waals surface area contributed by atoms with Gasteiger partial charge in [0.15, 0.2) is 5.78 Å². The van der Waals surface area contributed by atoms with Gasteiger partial charge in [0.25, 0.3) is 11.8 Å². The SMILES string of the molecule is CCC(c1sc2c(c1C)C(=O)N(CC1=C(C)C=C(C)CC1=O)CC2)N1CCC(N(C)C)CC1.CCC(c1sc2c(c1C)C(=O)N(Cc1c(C)cc(C)nc1OCc1ccccc1)CC2)N1CCC(N(C)C)CC1. The second kappa shape index (κ2) is 24.0. The van der Waals surface area contributed by atoms with Crippen LogP contribution in [0.25, 0.3) is 0 Å². The molecule has 2 saturated heterocycles. The molecule has 2 unspecified atom stereocenters. The molecule has 4 aliphatic heterocycles. The maximum absolute atomic E-state index is 14.0. The average Bonchev–Trinajstić information content (AvgIpc) is 3.88. The third-order valence-electron chi connectivity index (χ3n) is 16.5. The highest BCUT2D eigenvalue weighted by molar-refractivity contribution is 7.13. The van der Waals surface area contributed by atoms with Crippen LogP contribution in [0.5, 0.6) is 5.88 Å². The molecule has 2 atom stereocenters. The molecule has 9 rings (SSSR count). The monoisotopic (exact) mass is 1030 g/mol. The van der Waals surface area contributed by atoms with Gasteiger partial charge in [-0.2, -0.15) is 0 Å². The first-order chi connectivity index (χ1) is 35.0. The fraction of sp³-hybridized carbons (Fsp3) is 0.567. The predicted octanol–water partition coefficient (Wildman–Crippen LogP) is 11.1. The number of aromatic nitrogens is 1. The first-order valence-electron chi connectivity index (χ1n) is 27.1. The van der Waals surface area contributed by atoms with Crippen molar-refractivity contribution in [2.75, 3.05) is 74.0 Å². The summed E-state index contributed by atoms with van der Waals surface area (Å²) in [7, 11) is 8.75. The largest absolute Gasteiger partial charge is 0.473 e. The fourth-order valence-corrected chi connectivity index (χ4v) is 15.2. The Morgan fingerprint density at radius 2 is 1.18 bits per heavy atom. The Labute approximate surface area is 445 Å².